The van der Waals surface area contributed by atoms with Crippen molar-refractivity contribution in [3.05, 3.63) is 80.6 Å². The van der Waals surface area contributed by atoms with Crippen LogP contribution in [0.3, 0.4) is 0 Å². The van der Waals surface area contributed by atoms with Crippen LogP contribution >= 0.6 is 34.8 Å². The van der Waals surface area contributed by atoms with Gasteiger partial charge in [0, 0.05) is 11.6 Å². The molecule has 0 aliphatic rings. The van der Waals surface area contributed by atoms with Crippen LogP contribution in [0, 0.1) is 0 Å². The fourth-order valence-corrected chi connectivity index (χ4v) is 3.40. The second kappa shape index (κ2) is 9.46. The third-order valence-electron chi connectivity index (χ3n) is 4.35. The standard InChI is InChI=1S/C21H20Cl3N3O/c1-2-3-20-17(13-26-27(20)16-7-5-15(22)6-8-16)21(28)25-11-10-14-4-9-18(23)19(24)12-14/h4-9,12-13H,2-3,10-11H2,1H3,(H,25,28). The summed E-state index contributed by atoms with van der Waals surface area (Å²) in [5, 5.41) is 9.08. The lowest BCUT2D eigenvalue weighted by atomic mass is 10.1. The molecule has 0 radical (unpaired) electrons. The van der Waals surface area contributed by atoms with E-state index in [2.05, 4.69) is 17.3 Å². The van der Waals surface area contributed by atoms with Crippen molar-refractivity contribution in [3.8, 4) is 5.69 Å². The number of hydrogen-bond donors (Lipinski definition) is 1. The molecule has 0 aliphatic carbocycles. The molecule has 0 bridgehead atoms. The fourth-order valence-electron chi connectivity index (χ4n) is 2.96. The van der Waals surface area contributed by atoms with E-state index in [1.807, 2.05) is 36.4 Å². The van der Waals surface area contributed by atoms with Crippen molar-refractivity contribution < 1.29 is 4.79 Å². The molecule has 0 unspecified atom stereocenters. The van der Waals surface area contributed by atoms with Crippen LogP contribution in [-0.2, 0) is 12.8 Å². The number of halogens is 3. The van der Waals surface area contributed by atoms with Gasteiger partial charge in [-0.15, -0.1) is 0 Å². The van der Waals surface area contributed by atoms with E-state index in [1.54, 1.807) is 16.9 Å². The van der Waals surface area contributed by atoms with Gasteiger partial charge in [-0.2, -0.15) is 5.10 Å². The average molecular weight is 437 g/mol. The second-order valence-electron chi connectivity index (χ2n) is 6.40. The Morgan fingerprint density at radius 1 is 1.04 bits per heavy atom. The maximum atomic E-state index is 12.7. The van der Waals surface area contributed by atoms with Crippen LogP contribution in [0.5, 0.6) is 0 Å². The molecule has 3 rings (SSSR count). The van der Waals surface area contributed by atoms with Gasteiger partial charge in [-0.1, -0.05) is 54.2 Å². The summed E-state index contributed by atoms with van der Waals surface area (Å²) in [6.07, 6.45) is 3.94. The molecule has 3 aromatic rings. The van der Waals surface area contributed by atoms with E-state index < -0.39 is 0 Å². The molecule has 0 spiro atoms. The molecule has 2 aromatic carbocycles. The highest BCUT2D eigenvalue weighted by Gasteiger charge is 2.17. The summed E-state index contributed by atoms with van der Waals surface area (Å²) < 4.78 is 1.80. The van der Waals surface area contributed by atoms with Gasteiger partial charge in [0.25, 0.3) is 5.91 Å². The number of benzene rings is 2. The third kappa shape index (κ3) is 4.88. The normalized spacial score (nSPS) is 10.9. The molecule has 0 fully saturated rings. The minimum absolute atomic E-state index is 0.135. The van der Waals surface area contributed by atoms with Crippen molar-refractivity contribution in [2.45, 2.75) is 26.2 Å². The number of rotatable bonds is 7. The molecule has 1 aromatic heterocycles. The van der Waals surface area contributed by atoms with Gasteiger partial charge in [0.05, 0.1) is 33.2 Å². The molecule has 4 nitrogen and oxygen atoms in total. The van der Waals surface area contributed by atoms with Crippen molar-refractivity contribution in [3.63, 3.8) is 0 Å². The van der Waals surface area contributed by atoms with Crippen LogP contribution in [0.2, 0.25) is 15.1 Å². The van der Waals surface area contributed by atoms with Gasteiger partial charge in [-0.05, 0) is 54.8 Å². The first-order valence-corrected chi connectivity index (χ1v) is 10.2. The minimum Gasteiger partial charge on any atom is -0.352 e. The lowest BCUT2D eigenvalue weighted by molar-refractivity contribution is 0.0953. The van der Waals surface area contributed by atoms with E-state index in [9.17, 15) is 4.79 Å². The minimum atomic E-state index is -0.135. The SMILES string of the molecule is CCCc1c(C(=O)NCCc2ccc(Cl)c(Cl)c2)cnn1-c1ccc(Cl)cc1. The average Bonchev–Trinajstić information content (AvgIpc) is 3.09. The molecule has 0 aliphatic heterocycles. The summed E-state index contributed by atoms with van der Waals surface area (Å²) >= 11 is 17.9. The molecule has 0 atom stereocenters. The largest absolute Gasteiger partial charge is 0.352 e. The van der Waals surface area contributed by atoms with Gasteiger partial charge in [-0.3, -0.25) is 4.79 Å². The molecular formula is C21H20Cl3N3O. The summed E-state index contributed by atoms with van der Waals surface area (Å²) in [5.41, 5.74) is 3.37. The Labute approximate surface area is 179 Å². The van der Waals surface area contributed by atoms with Gasteiger partial charge in [-0.25, -0.2) is 4.68 Å². The zero-order valence-electron chi connectivity index (χ0n) is 15.4. The van der Waals surface area contributed by atoms with Gasteiger partial charge in [0.1, 0.15) is 0 Å². The van der Waals surface area contributed by atoms with Crippen molar-refractivity contribution in [1.82, 2.24) is 15.1 Å². The molecular weight excluding hydrogens is 417 g/mol. The first kappa shape index (κ1) is 20.7. The Morgan fingerprint density at radius 3 is 2.46 bits per heavy atom. The summed E-state index contributed by atoms with van der Waals surface area (Å²) in [7, 11) is 0. The summed E-state index contributed by atoms with van der Waals surface area (Å²) in [6.45, 7) is 2.57. The van der Waals surface area contributed by atoms with Crippen LogP contribution < -0.4 is 5.32 Å². The van der Waals surface area contributed by atoms with Gasteiger partial charge < -0.3 is 5.32 Å². The quantitative estimate of drug-likeness (QED) is 0.512. The van der Waals surface area contributed by atoms with E-state index in [4.69, 9.17) is 34.8 Å². The predicted octanol–water partition coefficient (Wildman–Crippen LogP) is 5.76. The zero-order valence-corrected chi connectivity index (χ0v) is 17.7. The van der Waals surface area contributed by atoms with Gasteiger partial charge >= 0.3 is 0 Å². The van der Waals surface area contributed by atoms with Crippen LogP contribution in [0.25, 0.3) is 5.69 Å². The van der Waals surface area contributed by atoms with Crippen molar-refractivity contribution in [2.75, 3.05) is 6.54 Å². The molecule has 0 saturated carbocycles. The number of hydrogen-bond acceptors (Lipinski definition) is 2. The third-order valence-corrected chi connectivity index (χ3v) is 5.35. The molecule has 1 N–H and O–H groups in total. The molecule has 1 heterocycles. The van der Waals surface area contributed by atoms with Gasteiger partial charge in [0.2, 0.25) is 0 Å². The molecule has 1 amide bonds. The number of carbonyl (C=O) groups is 1. The fraction of sp³-hybridized carbons (Fsp3) is 0.238. The molecule has 28 heavy (non-hydrogen) atoms. The topological polar surface area (TPSA) is 46.9 Å². The van der Waals surface area contributed by atoms with Gasteiger partial charge in [0.15, 0.2) is 0 Å². The van der Waals surface area contributed by atoms with E-state index in [0.717, 1.165) is 29.8 Å². The number of amides is 1. The van der Waals surface area contributed by atoms with Crippen LogP contribution in [-0.4, -0.2) is 22.2 Å². The Balaban J connectivity index is 1.72. The van der Waals surface area contributed by atoms with E-state index in [0.29, 0.717) is 33.6 Å². The van der Waals surface area contributed by atoms with Crippen molar-refractivity contribution >= 4 is 40.7 Å². The number of aromatic nitrogens is 2. The van der Waals surface area contributed by atoms with E-state index in [1.165, 1.54) is 0 Å². The first-order chi connectivity index (χ1) is 13.5. The monoisotopic (exact) mass is 435 g/mol. The predicted molar refractivity (Wildman–Crippen MR) is 115 cm³/mol. The summed E-state index contributed by atoms with van der Waals surface area (Å²) in [6, 6.07) is 12.9. The maximum Gasteiger partial charge on any atom is 0.254 e. The lowest BCUT2D eigenvalue weighted by Crippen LogP contribution is -2.26. The number of nitrogens with one attached hydrogen (secondary N) is 1. The smallest absolute Gasteiger partial charge is 0.254 e. The molecule has 146 valence electrons. The van der Waals surface area contributed by atoms with Crippen LogP contribution in [0.15, 0.2) is 48.7 Å². The van der Waals surface area contributed by atoms with Crippen LogP contribution in [0.4, 0.5) is 0 Å². The van der Waals surface area contributed by atoms with Crippen molar-refractivity contribution in [1.29, 1.82) is 0 Å². The van der Waals surface area contributed by atoms with Crippen molar-refractivity contribution in [2.24, 2.45) is 0 Å². The Kier molecular flexibility index (Phi) is 7.00. The maximum absolute atomic E-state index is 12.7. The number of carbonyl (C=O) groups excluding carboxylic acids is 1. The molecule has 0 saturated heterocycles. The summed E-state index contributed by atoms with van der Waals surface area (Å²) in [4.78, 5) is 12.7. The second-order valence-corrected chi connectivity index (χ2v) is 7.65. The first-order valence-electron chi connectivity index (χ1n) is 9.04. The summed E-state index contributed by atoms with van der Waals surface area (Å²) in [5.74, 6) is -0.135. The lowest BCUT2D eigenvalue weighted by Gasteiger charge is -2.10. The zero-order chi connectivity index (χ0) is 20.1. The highest BCUT2D eigenvalue weighted by Crippen LogP contribution is 2.23. The molecule has 7 heteroatoms. The van der Waals surface area contributed by atoms with Crippen LogP contribution in [0.1, 0.15) is 35.0 Å². The highest BCUT2D eigenvalue weighted by molar-refractivity contribution is 6.42. The highest BCUT2D eigenvalue weighted by atomic mass is 35.5. The number of nitrogens with zero attached hydrogens (tertiary/aromatic N) is 2. The Morgan fingerprint density at radius 2 is 1.79 bits per heavy atom. The Hall–Kier alpha value is -2.01. The van der Waals surface area contributed by atoms with E-state index >= 15 is 0 Å². The van der Waals surface area contributed by atoms with E-state index in [-0.39, 0.29) is 5.91 Å². The Bertz CT molecular complexity index is 968.